The summed E-state index contributed by atoms with van der Waals surface area (Å²) in [7, 11) is 0. The standard InChI is InChI=1S/C26H32ClN7O4/c1-25(2,3)38-24(37)29-15-26(16-5-4-6-17(27)13-16)11-9-18(10-12-26)34-22(36)8-7-19(32-34)23-20(14-21(28)35)30-33-31-23/h4-8,13,18H,9-12,14-15H2,1-3H3,(H2,28,35)(H,29,37)(H,30,31,33). The van der Waals surface area contributed by atoms with Crippen molar-refractivity contribution in [1.82, 2.24) is 30.5 Å². The van der Waals surface area contributed by atoms with Gasteiger partial charge in [-0.3, -0.25) is 9.59 Å². The molecule has 202 valence electrons. The molecule has 11 nitrogen and oxygen atoms in total. The Bertz CT molecular complexity index is 1370. The molecule has 0 bridgehead atoms. The Hall–Kier alpha value is -3.73. The summed E-state index contributed by atoms with van der Waals surface area (Å²) in [6, 6.07) is 10.5. The molecule has 0 atom stereocenters. The van der Waals surface area contributed by atoms with Crippen LogP contribution in [0.1, 0.15) is 63.8 Å². The molecule has 1 saturated carbocycles. The summed E-state index contributed by atoms with van der Waals surface area (Å²) in [4.78, 5) is 36.7. The predicted molar refractivity (Wildman–Crippen MR) is 142 cm³/mol. The number of aromatic amines is 1. The van der Waals surface area contributed by atoms with E-state index >= 15 is 0 Å². The summed E-state index contributed by atoms with van der Waals surface area (Å²) < 4.78 is 6.92. The fourth-order valence-corrected chi connectivity index (χ4v) is 5.09. The number of benzene rings is 1. The highest BCUT2D eigenvalue weighted by Gasteiger charge is 2.39. The van der Waals surface area contributed by atoms with E-state index in [0.29, 0.717) is 54.3 Å². The lowest BCUT2D eigenvalue weighted by atomic mass is 9.68. The van der Waals surface area contributed by atoms with Gasteiger partial charge in [-0.05, 0) is 70.2 Å². The second kappa shape index (κ2) is 10.9. The van der Waals surface area contributed by atoms with E-state index in [1.807, 2.05) is 45.0 Å². The third-order valence-corrected chi connectivity index (χ3v) is 6.93. The molecule has 2 heterocycles. The molecule has 0 saturated heterocycles. The van der Waals surface area contributed by atoms with Crippen molar-refractivity contribution >= 4 is 23.6 Å². The smallest absolute Gasteiger partial charge is 0.407 e. The van der Waals surface area contributed by atoms with Crippen molar-refractivity contribution in [3.8, 4) is 11.4 Å². The average Bonchev–Trinajstić information content (AvgIpc) is 3.30. The van der Waals surface area contributed by atoms with Gasteiger partial charge >= 0.3 is 6.09 Å². The van der Waals surface area contributed by atoms with Crippen LogP contribution in [0, 0.1) is 0 Å². The SMILES string of the molecule is CC(C)(C)OC(=O)NCC1(c2cccc(Cl)c2)CCC(n2nc(-c3n[nH]nc3CC(N)=O)ccc2=O)CC1. The number of aromatic nitrogens is 5. The van der Waals surface area contributed by atoms with Gasteiger partial charge in [0.1, 0.15) is 22.7 Å². The number of alkyl carbamates (subject to hydrolysis) is 1. The monoisotopic (exact) mass is 541 g/mol. The zero-order chi connectivity index (χ0) is 27.5. The fraction of sp³-hybridized carbons (Fsp3) is 0.462. The summed E-state index contributed by atoms with van der Waals surface area (Å²) in [5, 5.41) is 18.7. The van der Waals surface area contributed by atoms with Gasteiger partial charge in [0.15, 0.2) is 0 Å². The molecule has 4 N–H and O–H groups in total. The molecule has 0 unspecified atom stereocenters. The van der Waals surface area contributed by atoms with E-state index in [-0.39, 0.29) is 23.4 Å². The topological polar surface area (TPSA) is 158 Å². The van der Waals surface area contributed by atoms with E-state index in [2.05, 4.69) is 25.8 Å². The number of nitrogens with one attached hydrogen (secondary N) is 2. The maximum Gasteiger partial charge on any atom is 0.407 e. The highest BCUT2D eigenvalue weighted by atomic mass is 35.5. The van der Waals surface area contributed by atoms with Gasteiger partial charge < -0.3 is 15.8 Å². The van der Waals surface area contributed by atoms with E-state index < -0.39 is 17.6 Å². The van der Waals surface area contributed by atoms with Crippen molar-refractivity contribution in [2.75, 3.05) is 6.54 Å². The molecule has 1 fully saturated rings. The summed E-state index contributed by atoms with van der Waals surface area (Å²) >= 11 is 6.32. The minimum Gasteiger partial charge on any atom is -0.444 e. The number of carbonyl (C=O) groups excluding carboxylic acids is 2. The lowest BCUT2D eigenvalue weighted by Gasteiger charge is -2.41. The number of nitrogens with zero attached hydrogens (tertiary/aromatic N) is 4. The van der Waals surface area contributed by atoms with Crippen LogP contribution in [0.25, 0.3) is 11.4 Å². The highest BCUT2D eigenvalue weighted by Crippen LogP contribution is 2.43. The number of nitrogens with two attached hydrogens (primary N) is 1. The highest BCUT2D eigenvalue weighted by molar-refractivity contribution is 6.30. The van der Waals surface area contributed by atoms with Crippen molar-refractivity contribution in [3.63, 3.8) is 0 Å². The quantitative estimate of drug-likeness (QED) is 0.414. The first-order valence-corrected chi connectivity index (χ1v) is 12.8. The van der Waals surface area contributed by atoms with Crippen LogP contribution in [0.2, 0.25) is 5.02 Å². The van der Waals surface area contributed by atoms with Gasteiger partial charge in [-0.25, -0.2) is 9.48 Å². The summed E-state index contributed by atoms with van der Waals surface area (Å²) in [6.07, 6.45) is 2.08. The number of rotatable bonds is 7. The van der Waals surface area contributed by atoms with Gasteiger partial charge in [-0.1, -0.05) is 23.7 Å². The molecule has 1 aliphatic carbocycles. The molecule has 0 spiro atoms. The first-order chi connectivity index (χ1) is 18.0. The summed E-state index contributed by atoms with van der Waals surface area (Å²) in [5.74, 6) is -0.543. The van der Waals surface area contributed by atoms with Crippen LogP contribution in [0.4, 0.5) is 4.79 Å². The number of amides is 2. The van der Waals surface area contributed by atoms with Gasteiger partial charge in [0, 0.05) is 23.0 Å². The Labute approximate surface area is 225 Å². The van der Waals surface area contributed by atoms with Crippen LogP contribution in [0.3, 0.4) is 0 Å². The number of primary amides is 1. The minimum atomic E-state index is -0.607. The van der Waals surface area contributed by atoms with Gasteiger partial charge in [0.25, 0.3) is 5.56 Å². The van der Waals surface area contributed by atoms with Crippen LogP contribution in [-0.4, -0.2) is 49.3 Å². The van der Waals surface area contributed by atoms with Crippen molar-refractivity contribution in [2.24, 2.45) is 5.73 Å². The molecule has 1 aromatic carbocycles. The molecule has 0 radical (unpaired) electrons. The van der Waals surface area contributed by atoms with E-state index in [9.17, 15) is 14.4 Å². The zero-order valence-corrected chi connectivity index (χ0v) is 22.4. The molecular weight excluding hydrogens is 510 g/mol. The third kappa shape index (κ3) is 6.39. The van der Waals surface area contributed by atoms with E-state index in [0.717, 1.165) is 5.56 Å². The first-order valence-electron chi connectivity index (χ1n) is 12.5. The average molecular weight is 542 g/mol. The van der Waals surface area contributed by atoms with Gasteiger partial charge in [0.2, 0.25) is 5.91 Å². The van der Waals surface area contributed by atoms with Gasteiger partial charge in [-0.2, -0.15) is 20.5 Å². The van der Waals surface area contributed by atoms with E-state index in [1.165, 1.54) is 10.7 Å². The Morgan fingerprint density at radius 1 is 1.21 bits per heavy atom. The first kappa shape index (κ1) is 27.3. The molecule has 12 heteroatoms. The van der Waals surface area contributed by atoms with Crippen molar-refractivity contribution < 1.29 is 14.3 Å². The van der Waals surface area contributed by atoms with Crippen LogP contribution < -0.4 is 16.6 Å². The van der Waals surface area contributed by atoms with Crippen LogP contribution >= 0.6 is 11.6 Å². The number of ether oxygens (including phenoxy) is 1. The number of hydrogen-bond acceptors (Lipinski definition) is 7. The lowest BCUT2D eigenvalue weighted by molar-refractivity contribution is -0.117. The Morgan fingerprint density at radius 2 is 1.95 bits per heavy atom. The molecule has 0 aliphatic heterocycles. The fourth-order valence-electron chi connectivity index (χ4n) is 4.90. The molecule has 38 heavy (non-hydrogen) atoms. The largest absolute Gasteiger partial charge is 0.444 e. The van der Waals surface area contributed by atoms with E-state index in [4.69, 9.17) is 22.1 Å². The molecular formula is C26H32ClN7O4. The molecule has 3 aromatic rings. The van der Waals surface area contributed by atoms with Gasteiger partial charge in [-0.15, -0.1) is 0 Å². The number of carbonyl (C=O) groups is 2. The van der Waals surface area contributed by atoms with Crippen molar-refractivity contribution in [3.05, 3.63) is 63.0 Å². The van der Waals surface area contributed by atoms with Crippen molar-refractivity contribution in [2.45, 2.75) is 69.9 Å². The molecule has 2 aromatic heterocycles. The molecule has 1 aliphatic rings. The second-order valence-electron chi connectivity index (χ2n) is 10.6. The van der Waals surface area contributed by atoms with E-state index in [1.54, 1.807) is 6.07 Å². The lowest BCUT2D eigenvalue weighted by Crippen LogP contribution is -2.45. The summed E-state index contributed by atoms with van der Waals surface area (Å²) in [6.45, 7) is 5.82. The molecule has 4 rings (SSSR count). The van der Waals surface area contributed by atoms with Crippen molar-refractivity contribution in [1.29, 1.82) is 0 Å². The number of hydrogen-bond donors (Lipinski definition) is 3. The minimum absolute atomic E-state index is 0.0944. The zero-order valence-electron chi connectivity index (χ0n) is 21.7. The summed E-state index contributed by atoms with van der Waals surface area (Å²) in [5.41, 5.74) is 6.28. The predicted octanol–water partition coefficient (Wildman–Crippen LogP) is 3.29. The van der Waals surface area contributed by atoms with Crippen LogP contribution in [0.15, 0.2) is 41.2 Å². The maximum absolute atomic E-state index is 12.8. The van der Waals surface area contributed by atoms with Crippen LogP contribution in [-0.2, 0) is 21.4 Å². The number of H-pyrrole nitrogens is 1. The maximum atomic E-state index is 12.8. The normalized spacial score (nSPS) is 19.6. The Balaban J connectivity index is 1.57. The second-order valence-corrected chi connectivity index (χ2v) is 11.1. The number of halogens is 1. The Kier molecular flexibility index (Phi) is 7.86. The third-order valence-electron chi connectivity index (χ3n) is 6.69. The van der Waals surface area contributed by atoms with Crippen LogP contribution in [0.5, 0.6) is 0 Å². The van der Waals surface area contributed by atoms with Gasteiger partial charge in [0.05, 0.1) is 12.5 Å². The molecule has 2 amide bonds. The Morgan fingerprint density at radius 3 is 2.61 bits per heavy atom.